The van der Waals surface area contributed by atoms with Crippen molar-refractivity contribution in [2.45, 2.75) is 6.54 Å². The number of carbonyl (C=O) groups is 2. The smallest absolute Gasteiger partial charge is 0.354 e. The topological polar surface area (TPSA) is 224 Å². The molecule has 3 rings (SSSR count). The predicted octanol–water partition coefficient (Wildman–Crippen LogP) is 0.0383. The molecule has 14 nitrogen and oxygen atoms in total. The van der Waals surface area contributed by atoms with Crippen LogP contribution in [0.4, 0.5) is 5.82 Å². The van der Waals surface area contributed by atoms with Crippen LogP contribution < -0.4 is 5.73 Å². The Morgan fingerprint density at radius 3 is 2.30 bits per heavy atom. The molecule has 0 atom stereocenters. The molecule has 15 heteroatoms. The molecule has 3 aromatic rings. The first-order valence-corrected chi connectivity index (χ1v) is 9.85. The van der Waals surface area contributed by atoms with E-state index >= 15 is 0 Å². The molecule has 0 unspecified atom stereocenters. The zero-order chi connectivity index (χ0) is 22.3. The van der Waals surface area contributed by atoms with Gasteiger partial charge in [-0.1, -0.05) is 6.07 Å². The van der Waals surface area contributed by atoms with Gasteiger partial charge in [0, 0.05) is 6.54 Å². The highest BCUT2D eigenvalue weighted by molar-refractivity contribution is 7.51. The highest BCUT2D eigenvalue weighted by Crippen LogP contribution is 2.33. The summed E-state index contributed by atoms with van der Waals surface area (Å²) < 4.78 is 17.1. The fourth-order valence-corrected chi connectivity index (χ4v) is 2.45. The van der Waals surface area contributed by atoms with Gasteiger partial charge in [-0.3, -0.25) is 4.57 Å². The summed E-state index contributed by atoms with van der Waals surface area (Å²) in [5, 5.41) is 16.9. The van der Waals surface area contributed by atoms with Gasteiger partial charge in [0.25, 0.3) is 0 Å². The number of imidazole rings is 1. The number of ether oxygens (including phenoxy) is 1. The lowest BCUT2D eigenvalue weighted by atomic mass is 10.3. The Hall–Kier alpha value is -3.45. The Balaban J connectivity index is 0.000000232. The van der Waals surface area contributed by atoms with Crippen molar-refractivity contribution >= 4 is 36.5 Å². The Labute approximate surface area is 168 Å². The van der Waals surface area contributed by atoms with Crippen LogP contribution in [0.15, 0.2) is 30.9 Å². The molecule has 0 saturated carbocycles. The molecule has 30 heavy (non-hydrogen) atoms. The largest absolute Gasteiger partial charge is 0.477 e. The maximum atomic E-state index is 10.6. The number of carboxylic acid groups (broad SMARTS) is 2. The van der Waals surface area contributed by atoms with Crippen LogP contribution in [0.1, 0.15) is 21.0 Å². The van der Waals surface area contributed by atoms with Crippen molar-refractivity contribution in [1.29, 1.82) is 0 Å². The number of nitrogens with zero attached hydrogens (tertiary/aromatic N) is 5. The van der Waals surface area contributed by atoms with E-state index in [9.17, 15) is 14.2 Å². The minimum absolute atomic E-state index is 0.139. The molecule has 0 aliphatic carbocycles. The number of carboxylic acids is 2. The van der Waals surface area contributed by atoms with Crippen molar-refractivity contribution in [2.24, 2.45) is 0 Å². The second kappa shape index (κ2) is 9.84. The molecule has 0 aliphatic heterocycles. The minimum Gasteiger partial charge on any atom is -0.477 e. The molecule has 3 aromatic heterocycles. The molecule has 160 valence electrons. The summed E-state index contributed by atoms with van der Waals surface area (Å²) in [6.45, 7) is 0.507. The maximum Gasteiger partial charge on any atom is 0.354 e. The normalized spacial score (nSPS) is 11.0. The van der Waals surface area contributed by atoms with Crippen LogP contribution in [0.3, 0.4) is 0 Å². The Morgan fingerprint density at radius 2 is 1.73 bits per heavy atom. The summed E-state index contributed by atoms with van der Waals surface area (Å²) in [5.74, 6) is -2.19. The number of anilines is 1. The van der Waals surface area contributed by atoms with Gasteiger partial charge in [-0.15, -0.1) is 0 Å². The number of nitrogens with two attached hydrogens (primary N) is 1. The number of nitrogen functional groups attached to an aromatic ring is 1. The number of aromatic nitrogens is 5. The number of hydrogen-bond acceptors (Lipinski definition) is 9. The highest BCUT2D eigenvalue weighted by atomic mass is 31.2. The van der Waals surface area contributed by atoms with E-state index < -0.39 is 25.9 Å². The Morgan fingerprint density at radius 1 is 1.10 bits per heavy atom. The summed E-state index contributed by atoms with van der Waals surface area (Å²) >= 11 is 0. The molecule has 3 heterocycles. The first-order valence-electron chi connectivity index (χ1n) is 8.05. The average molecular weight is 440 g/mol. The third-order valence-corrected chi connectivity index (χ3v) is 3.87. The lowest BCUT2D eigenvalue weighted by molar-refractivity contribution is 0.0685. The molecular formula is C15H17N6O8P. The lowest BCUT2D eigenvalue weighted by Crippen LogP contribution is -2.07. The van der Waals surface area contributed by atoms with Crippen LogP contribution in [0.5, 0.6) is 0 Å². The molecule has 0 radical (unpaired) electrons. The van der Waals surface area contributed by atoms with Gasteiger partial charge in [0.2, 0.25) is 0 Å². The van der Waals surface area contributed by atoms with E-state index in [4.69, 9.17) is 30.5 Å². The third-order valence-electron chi connectivity index (χ3n) is 3.35. The monoisotopic (exact) mass is 440 g/mol. The standard InChI is InChI=1S/C8H12N5O4P.C7H5NO4/c9-7-6-8(11-3-10-7)13(4-12-6)1-2-17-5-18(14,15)16;9-6(10)4-2-1-3-5(8-4)7(11)12/h3-4H,1-2,5H2,(H2,9,10,11)(H2,14,15,16);1-3H,(H,9,10)(H,11,12). The van der Waals surface area contributed by atoms with Crippen molar-refractivity contribution < 1.29 is 38.9 Å². The molecule has 0 fully saturated rings. The van der Waals surface area contributed by atoms with E-state index in [1.165, 1.54) is 30.9 Å². The van der Waals surface area contributed by atoms with Crippen LogP contribution >= 0.6 is 7.60 Å². The number of fused-ring (bicyclic) bond motifs is 1. The van der Waals surface area contributed by atoms with Crippen LogP contribution in [0, 0.1) is 0 Å². The van der Waals surface area contributed by atoms with Crippen LogP contribution in [-0.2, 0) is 15.8 Å². The lowest BCUT2D eigenvalue weighted by Gasteiger charge is -2.06. The number of hydrogen-bond donors (Lipinski definition) is 5. The molecule has 0 amide bonds. The van der Waals surface area contributed by atoms with E-state index in [0.29, 0.717) is 17.7 Å². The molecule has 0 bridgehead atoms. The van der Waals surface area contributed by atoms with Gasteiger partial charge in [-0.05, 0) is 12.1 Å². The van der Waals surface area contributed by atoms with Gasteiger partial charge in [0.15, 0.2) is 11.5 Å². The number of rotatable bonds is 7. The first kappa shape index (κ1) is 22.8. The zero-order valence-corrected chi connectivity index (χ0v) is 16.1. The molecule has 0 aliphatic rings. The summed E-state index contributed by atoms with van der Waals surface area (Å²) in [6.07, 6.45) is 2.25. The summed E-state index contributed by atoms with van der Waals surface area (Å²) in [5.41, 5.74) is 6.13. The number of pyridine rings is 1. The zero-order valence-electron chi connectivity index (χ0n) is 15.2. The van der Waals surface area contributed by atoms with Gasteiger partial charge in [0.1, 0.15) is 29.6 Å². The van der Waals surface area contributed by atoms with Crippen molar-refractivity contribution in [3.8, 4) is 0 Å². The van der Waals surface area contributed by atoms with Crippen molar-refractivity contribution in [1.82, 2.24) is 24.5 Å². The van der Waals surface area contributed by atoms with E-state index in [2.05, 4.69) is 19.9 Å². The van der Waals surface area contributed by atoms with Crippen molar-refractivity contribution in [3.05, 3.63) is 42.2 Å². The predicted molar refractivity (Wildman–Crippen MR) is 101 cm³/mol. The van der Waals surface area contributed by atoms with Crippen molar-refractivity contribution in [2.75, 3.05) is 18.7 Å². The fourth-order valence-electron chi connectivity index (χ4n) is 2.08. The maximum absolute atomic E-state index is 10.6. The molecule has 0 aromatic carbocycles. The first-order chi connectivity index (χ1) is 14.1. The van der Waals surface area contributed by atoms with Gasteiger partial charge in [-0.25, -0.2) is 29.5 Å². The van der Waals surface area contributed by atoms with Crippen molar-refractivity contribution in [3.63, 3.8) is 0 Å². The number of aromatic carboxylic acids is 2. The fraction of sp³-hybridized carbons (Fsp3) is 0.200. The van der Waals surface area contributed by atoms with E-state index in [1.54, 1.807) is 4.57 Å². The SMILES string of the molecule is Nc1ncnc2c1ncn2CCOCP(=O)(O)O.O=C(O)c1cccc(C(=O)O)n1. The summed E-state index contributed by atoms with van der Waals surface area (Å²) in [4.78, 5) is 53.1. The molecular weight excluding hydrogens is 423 g/mol. The summed E-state index contributed by atoms with van der Waals surface area (Å²) in [7, 11) is -4.12. The van der Waals surface area contributed by atoms with E-state index in [-0.39, 0.29) is 23.8 Å². The molecule has 0 spiro atoms. The Bertz CT molecular complexity index is 1070. The second-order valence-electron chi connectivity index (χ2n) is 5.59. The average Bonchev–Trinajstić information content (AvgIpc) is 3.09. The van der Waals surface area contributed by atoms with E-state index in [1.807, 2.05) is 0 Å². The van der Waals surface area contributed by atoms with Gasteiger partial charge >= 0.3 is 19.5 Å². The van der Waals surface area contributed by atoms with Crippen LogP contribution in [0.2, 0.25) is 0 Å². The van der Waals surface area contributed by atoms with Crippen LogP contribution in [0.25, 0.3) is 11.2 Å². The summed E-state index contributed by atoms with van der Waals surface area (Å²) in [6, 6.07) is 3.80. The third kappa shape index (κ3) is 6.56. The van der Waals surface area contributed by atoms with Gasteiger partial charge in [-0.2, -0.15) is 0 Å². The van der Waals surface area contributed by atoms with Gasteiger partial charge < -0.3 is 35.0 Å². The quantitative estimate of drug-likeness (QED) is 0.242. The highest BCUT2D eigenvalue weighted by Gasteiger charge is 2.13. The van der Waals surface area contributed by atoms with Crippen LogP contribution in [-0.4, -0.2) is 69.4 Å². The van der Waals surface area contributed by atoms with Gasteiger partial charge in [0.05, 0.1) is 12.9 Å². The Kier molecular flexibility index (Phi) is 7.49. The second-order valence-corrected chi connectivity index (χ2v) is 7.18. The van der Waals surface area contributed by atoms with E-state index in [0.717, 1.165) is 0 Å². The molecule has 0 saturated heterocycles. The minimum atomic E-state index is -4.12. The molecule has 6 N–H and O–H groups in total.